The Balaban J connectivity index is 2.66. The predicted octanol–water partition coefficient (Wildman–Crippen LogP) is 1.99. The van der Waals surface area contributed by atoms with Gasteiger partial charge in [0.25, 0.3) is 0 Å². The maximum absolute atomic E-state index is 4.20. The predicted molar refractivity (Wildman–Crippen MR) is 45.4 cm³/mol. The molecule has 0 radical (unpaired) electrons. The fourth-order valence-corrected chi connectivity index (χ4v) is 0.982. The van der Waals surface area contributed by atoms with Gasteiger partial charge in [-0.25, -0.2) is 9.97 Å². The first-order valence-corrected chi connectivity index (χ1v) is 4.16. The van der Waals surface area contributed by atoms with Crippen LogP contribution >= 0.6 is 0 Å². The summed E-state index contributed by atoms with van der Waals surface area (Å²) in [6, 6.07) is 0. The van der Waals surface area contributed by atoms with Crippen LogP contribution in [0.5, 0.6) is 0 Å². The van der Waals surface area contributed by atoms with E-state index >= 15 is 0 Å². The quantitative estimate of drug-likeness (QED) is 0.658. The van der Waals surface area contributed by atoms with Crippen molar-refractivity contribution >= 4 is 0 Å². The molecular weight excluding hydrogens is 136 g/mol. The lowest BCUT2D eigenvalue weighted by Gasteiger charge is -1.97. The van der Waals surface area contributed by atoms with Gasteiger partial charge in [0.2, 0.25) is 0 Å². The van der Waals surface area contributed by atoms with E-state index < -0.39 is 0 Å². The number of aromatic nitrogens is 2. The fraction of sp³-hybridized carbons (Fsp3) is 0.556. The van der Waals surface area contributed by atoms with Crippen LogP contribution < -0.4 is 0 Å². The first kappa shape index (κ1) is 8.18. The lowest BCUT2D eigenvalue weighted by molar-refractivity contribution is 0.868. The van der Waals surface area contributed by atoms with Crippen LogP contribution in [-0.2, 0) is 12.8 Å². The minimum absolute atomic E-state index is 0.923. The van der Waals surface area contributed by atoms with E-state index in [1.807, 2.05) is 12.4 Å². The molecule has 0 unspecified atom stereocenters. The Kier molecular flexibility index (Phi) is 3.02. The van der Waals surface area contributed by atoms with Gasteiger partial charge in [0, 0.05) is 18.8 Å². The molecule has 1 aromatic heterocycles. The minimum atomic E-state index is 0.923. The van der Waals surface area contributed by atoms with Crippen molar-refractivity contribution in [3.63, 3.8) is 0 Å². The molecule has 2 heteroatoms. The van der Waals surface area contributed by atoms with E-state index in [4.69, 9.17) is 0 Å². The third kappa shape index (κ3) is 2.30. The summed E-state index contributed by atoms with van der Waals surface area (Å²) < 4.78 is 0. The van der Waals surface area contributed by atoms with Crippen molar-refractivity contribution in [3.05, 3.63) is 23.8 Å². The smallest absolute Gasteiger partial charge is 0.127 e. The highest BCUT2D eigenvalue weighted by atomic mass is 14.8. The normalized spacial score (nSPS) is 10.0. The Hall–Kier alpha value is -0.920. The molecule has 0 saturated carbocycles. The molecule has 0 amide bonds. The molecule has 0 aliphatic carbocycles. The van der Waals surface area contributed by atoms with Gasteiger partial charge in [-0.2, -0.15) is 0 Å². The second-order valence-electron chi connectivity index (χ2n) is 2.61. The zero-order chi connectivity index (χ0) is 8.10. The highest BCUT2D eigenvalue weighted by Gasteiger charge is 1.93. The van der Waals surface area contributed by atoms with Gasteiger partial charge in [-0.3, -0.25) is 0 Å². The number of nitrogens with zero attached hydrogens (tertiary/aromatic N) is 2. The van der Waals surface area contributed by atoms with E-state index in [1.165, 1.54) is 5.56 Å². The molecule has 1 heterocycles. The van der Waals surface area contributed by atoms with Gasteiger partial charge >= 0.3 is 0 Å². The van der Waals surface area contributed by atoms with E-state index in [0.29, 0.717) is 0 Å². The van der Waals surface area contributed by atoms with Crippen LogP contribution in [0.25, 0.3) is 0 Å². The van der Waals surface area contributed by atoms with Gasteiger partial charge in [-0.15, -0.1) is 0 Å². The van der Waals surface area contributed by atoms with Gasteiger partial charge in [0.1, 0.15) is 5.82 Å². The van der Waals surface area contributed by atoms with E-state index in [9.17, 15) is 0 Å². The van der Waals surface area contributed by atoms with Gasteiger partial charge < -0.3 is 0 Å². The summed E-state index contributed by atoms with van der Waals surface area (Å²) in [6.07, 6.45) is 7.02. The molecule has 1 rings (SSSR count). The fourth-order valence-electron chi connectivity index (χ4n) is 0.982. The van der Waals surface area contributed by atoms with Crippen LogP contribution in [0.4, 0.5) is 0 Å². The van der Waals surface area contributed by atoms with Gasteiger partial charge in [-0.1, -0.05) is 20.3 Å². The first-order chi connectivity index (χ1) is 5.36. The molecule has 0 bridgehead atoms. The van der Waals surface area contributed by atoms with Crippen molar-refractivity contribution < 1.29 is 0 Å². The van der Waals surface area contributed by atoms with Crippen LogP contribution in [0.15, 0.2) is 12.4 Å². The van der Waals surface area contributed by atoms with E-state index in [1.54, 1.807) is 0 Å². The molecule has 11 heavy (non-hydrogen) atoms. The van der Waals surface area contributed by atoms with Gasteiger partial charge in [0.15, 0.2) is 0 Å². The Morgan fingerprint density at radius 3 is 2.27 bits per heavy atom. The molecule has 60 valence electrons. The largest absolute Gasteiger partial charge is 0.241 e. The van der Waals surface area contributed by atoms with E-state index in [2.05, 4.69) is 23.8 Å². The van der Waals surface area contributed by atoms with Crippen LogP contribution in [0.3, 0.4) is 0 Å². The van der Waals surface area contributed by atoms with Crippen molar-refractivity contribution in [2.45, 2.75) is 33.1 Å². The van der Waals surface area contributed by atoms with Crippen molar-refractivity contribution in [2.75, 3.05) is 0 Å². The number of hydrogen-bond acceptors (Lipinski definition) is 2. The van der Waals surface area contributed by atoms with Gasteiger partial charge in [-0.05, 0) is 12.0 Å². The maximum Gasteiger partial charge on any atom is 0.127 e. The molecule has 0 spiro atoms. The van der Waals surface area contributed by atoms with Crippen LogP contribution in [0, 0.1) is 0 Å². The SMILES string of the molecule is CCCc1cnc(CC)nc1. The molecule has 2 nitrogen and oxygen atoms in total. The third-order valence-corrected chi connectivity index (χ3v) is 1.61. The second kappa shape index (κ2) is 4.06. The van der Waals surface area contributed by atoms with Crippen molar-refractivity contribution in [1.29, 1.82) is 0 Å². The Labute approximate surface area is 67.7 Å². The second-order valence-corrected chi connectivity index (χ2v) is 2.61. The third-order valence-electron chi connectivity index (χ3n) is 1.61. The summed E-state index contributed by atoms with van der Waals surface area (Å²) >= 11 is 0. The molecule has 0 saturated heterocycles. The molecule has 0 aromatic carbocycles. The zero-order valence-corrected chi connectivity index (χ0v) is 7.17. The van der Waals surface area contributed by atoms with Crippen molar-refractivity contribution in [3.8, 4) is 0 Å². The first-order valence-electron chi connectivity index (χ1n) is 4.16. The minimum Gasteiger partial charge on any atom is -0.241 e. The maximum atomic E-state index is 4.20. The summed E-state index contributed by atoms with van der Waals surface area (Å²) in [6.45, 7) is 4.22. The average molecular weight is 150 g/mol. The van der Waals surface area contributed by atoms with Crippen LogP contribution in [0.2, 0.25) is 0 Å². The monoisotopic (exact) mass is 150 g/mol. The molecule has 1 aromatic rings. The van der Waals surface area contributed by atoms with E-state index in [-0.39, 0.29) is 0 Å². The number of aryl methyl sites for hydroxylation is 2. The molecule has 0 atom stereocenters. The highest BCUT2D eigenvalue weighted by Crippen LogP contribution is 1.99. The highest BCUT2D eigenvalue weighted by molar-refractivity contribution is 5.04. The molecule has 0 aliphatic rings. The zero-order valence-electron chi connectivity index (χ0n) is 7.17. The summed E-state index contributed by atoms with van der Waals surface area (Å²) in [4.78, 5) is 8.41. The van der Waals surface area contributed by atoms with Crippen LogP contribution in [0.1, 0.15) is 31.7 Å². The summed E-state index contributed by atoms with van der Waals surface area (Å²) in [7, 11) is 0. The van der Waals surface area contributed by atoms with Crippen LogP contribution in [-0.4, -0.2) is 9.97 Å². The van der Waals surface area contributed by atoms with E-state index in [0.717, 1.165) is 25.1 Å². The Bertz CT molecular complexity index is 203. The lowest BCUT2D eigenvalue weighted by Crippen LogP contribution is -1.94. The summed E-state index contributed by atoms with van der Waals surface area (Å²) in [5.74, 6) is 0.935. The summed E-state index contributed by atoms with van der Waals surface area (Å²) in [5.41, 5.74) is 1.24. The number of hydrogen-bond donors (Lipinski definition) is 0. The lowest BCUT2D eigenvalue weighted by atomic mass is 10.2. The Morgan fingerprint density at radius 2 is 1.82 bits per heavy atom. The number of rotatable bonds is 3. The van der Waals surface area contributed by atoms with Crippen molar-refractivity contribution in [1.82, 2.24) is 9.97 Å². The standard InChI is InChI=1S/C9H14N2/c1-3-5-8-6-10-9(4-2)11-7-8/h6-7H,3-5H2,1-2H3. The summed E-state index contributed by atoms with van der Waals surface area (Å²) in [5, 5.41) is 0. The molecular formula is C9H14N2. The van der Waals surface area contributed by atoms with Crippen molar-refractivity contribution in [2.24, 2.45) is 0 Å². The molecule has 0 aliphatic heterocycles. The molecule has 0 fully saturated rings. The van der Waals surface area contributed by atoms with Gasteiger partial charge in [0.05, 0.1) is 0 Å². The Morgan fingerprint density at radius 1 is 1.18 bits per heavy atom. The topological polar surface area (TPSA) is 25.8 Å². The average Bonchev–Trinajstić information content (AvgIpc) is 2.07. The molecule has 0 N–H and O–H groups in total.